The van der Waals surface area contributed by atoms with Crippen molar-refractivity contribution < 1.29 is 28.3 Å². The number of aliphatic hydroxyl groups excluding tert-OH is 1. The number of rotatable bonds is 15. The van der Waals surface area contributed by atoms with Crippen molar-refractivity contribution in [1.29, 1.82) is 0 Å². The van der Waals surface area contributed by atoms with E-state index in [0.29, 0.717) is 25.2 Å². The molecule has 2 heterocycles. The van der Waals surface area contributed by atoms with E-state index in [0.717, 1.165) is 11.1 Å². The molecule has 3 atom stereocenters. The number of carbonyl (C=O) groups is 2. The third-order valence-electron chi connectivity index (χ3n) is 8.30. The van der Waals surface area contributed by atoms with E-state index in [1.165, 1.54) is 34.8 Å². The van der Waals surface area contributed by atoms with Gasteiger partial charge in [-0.1, -0.05) is 82.2 Å². The van der Waals surface area contributed by atoms with Gasteiger partial charge in [0.25, 0.3) is 0 Å². The summed E-state index contributed by atoms with van der Waals surface area (Å²) in [7, 11) is -4.06. The quantitative estimate of drug-likeness (QED) is 0.124. The van der Waals surface area contributed by atoms with Gasteiger partial charge >= 0.3 is 6.03 Å². The lowest BCUT2D eigenvalue weighted by atomic mass is 9.84. The van der Waals surface area contributed by atoms with Crippen LogP contribution in [0.1, 0.15) is 51.3 Å². The summed E-state index contributed by atoms with van der Waals surface area (Å²) < 4.78 is 29.0. The lowest BCUT2D eigenvalue weighted by Gasteiger charge is -2.38. The van der Waals surface area contributed by atoms with Crippen molar-refractivity contribution in [3.63, 3.8) is 0 Å². The molecule has 1 saturated heterocycles. The van der Waals surface area contributed by atoms with Crippen molar-refractivity contribution in [2.45, 2.75) is 70.7 Å². The molecule has 49 heavy (non-hydrogen) atoms. The van der Waals surface area contributed by atoms with Gasteiger partial charge in [-0.3, -0.25) is 4.79 Å². The van der Waals surface area contributed by atoms with Crippen LogP contribution in [0.25, 0.3) is 0 Å². The fraction of sp³-hybridized carbons (Fsp3) is 0.457. The van der Waals surface area contributed by atoms with Gasteiger partial charge in [-0.2, -0.15) is 14.5 Å². The van der Waals surface area contributed by atoms with Gasteiger partial charge in [-0.05, 0) is 52.6 Å². The average Bonchev–Trinajstić information content (AvgIpc) is 3.39. The Hall–Kier alpha value is -4.40. The Morgan fingerprint density at radius 2 is 1.71 bits per heavy atom. The molecule has 0 bridgehead atoms. The number of urea groups is 1. The minimum Gasteiger partial charge on any atom is -0.411 e. The second-order valence-corrected chi connectivity index (χ2v) is 15.8. The Kier molecular flexibility index (Phi) is 12.5. The van der Waals surface area contributed by atoms with Crippen LogP contribution in [0.3, 0.4) is 0 Å². The highest BCUT2D eigenvalue weighted by Gasteiger charge is 2.44. The number of nitrogens with one attached hydrogen (secondary N) is 1. The van der Waals surface area contributed by atoms with Crippen molar-refractivity contribution in [3.8, 4) is 0 Å². The van der Waals surface area contributed by atoms with Crippen molar-refractivity contribution in [2.75, 3.05) is 26.2 Å². The van der Waals surface area contributed by atoms with E-state index in [1.807, 2.05) is 65.0 Å². The van der Waals surface area contributed by atoms with Crippen molar-refractivity contribution >= 4 is 28.2 Å². The SMILES string of the molecule is CC(C)CN(C[C@@H](O)[C@H](Cc1ccccc1)NC(=O)C(N1CCN(Cc2ccnnc2)C1=O)C(C)(C)C)S(=O)(=O)c1ccc(/C=N/O)cc1. The predicted octanol–water partition coefficient (Wildman–Crippen LogP) is 3.37. The number of amides is 3. The summed E-state index contributed by atoms with van der Waals surface area (Å²) in [4.78, 5) is 31.2. The maximum Gasteiger partial charge on any atom is 0.321 e. The van der Waals surface area contributed by atoms with Crippen LogP contribution < -0.4 is 5.32 Å². The first-order chi connectivity index (χ1) is 23.2. The first-order valence-corrected chi connectivity index (χ1v) is 17.8. The predicted molar refractivity (Wildman–Crippen MR) is 185 cm³/mol. The minimum absolute atomic E-state index is 0.0199. The maximum atomic E-state index is 14.2. The van der Waals surface area contributed by atoms with Gasteiger partial charge in [0.15, 0.2) is 0 Å². The molecule has 0 spiro atoms. The Balaban J connectivity index is 1.60. The Morgan fingerprint density at radius 3 is 2.31 bits per heavy atom. The number of aliphatic hydroxyl groups is 1. The molecule has 2 aromatic carbocycles. The van der Waals surface area contributed by atoms with E-state index >= 15 is 0 Å². The van der Waals surface area contributed by atoms with Crippen LogP contribution in [0.4, 0.5) is 4.79 Å². The van der Waals surface area contributed by atoms with E-state index in [9.17, 15) is 23.1 Å². The van der Waals surface area contributed by atoms with Crippen molar-refractivity contribution in [3.05, 3.63) is 89.7 Å². The average molecular weight is 694 g/mol. The zero-order valence-electron chi connectivity index (χ0n) is 28.7. The van der Waals surface area contributed by atoms with Gasteiger partial charge in [0, 0.05) is 38.9 Å². The molecule has 1 fully saturated rings. The number of benzene rings is 2. The maximum absolute atomic E-state index is 14.2. The zero-order valence-corrected chi connectivity index (χ0v) is 29.5. The fourth-order valence-corrected chi connectivity index (χ4v) is 7.61. The second-order valence-electron chi connectivity index (χ2n) is 13.8. The normalized spacial score (nSPS) is 16.0. The number of sulfonamides is 1. The van der Waals surface area contributed by atoms with Crippen LogP contribution in [-0.2, 0) is 27.8 Å². The Morgan fingerprint density at radius 1 is 1.02 bits per heavy atom. The molecule has 1 unspecified atom stereocenters. The molecule has 0 aliphatic carbocycles. The van der Waals surface area contributed by atoms with Gasteiger partial charge in [-0.15, -0.1) is 0 Å². The first-order valence-electron chi connectivity index (χ1n) is 16.3. The number of aromatic nitrogens is 2. The molecule has 13 nitrogen and oxygen atoms in total. The van der Waals surface area contributed by atoms with Crippen LogP contribution in [0, 0.1) is 11.3 Å². The number of oxime groups is 1. The van der Waals surface area contributed by atoms with Crippen molar-refractivity contribution in [1.82, 2.24) is 29.6 Å². The van der Waals surface area contributed by atoms with Crippen LogP contribution >= 0.6 is 0 Å². The number of nitrogens with zero attached hydrogens (tertiary/aromatic N) is 6. The fourth-order valence-electron chi connectivity index (χ4n) is 5.99. The van der Waals surface area contributed by atoms with Crippen LogP contribution in [0.5, 0.6) is 0 Å². The summed E-state index contributed by atoms with van der Waals surface area (Å²) in [5, 5.41) is 34.3. The molecule has 1 aliphatic rings. The van der Waals surface area contributed by atoms with E-state index in [1.54, 1.807) is 28.3 Å². The van der Waals surface area contributed by atoms with Crippen molar-refractivity contribution in [2.24, 2.45) is 16.5 Å². The Bertz CT molecular complexity index is 1670. The summed E-state index contributed by atoms with van der Waals surface area (Å²) in [5.41, 5.74) is 1.51. The van der Waals surface area contributed by atoms with Crippen LogP contribution in [0.15, 0.2) is 83.1 Å². The standard InChI is InChI=1S/C35H47N7O6S/c1-25(2)22-41(49(47,48)29-13-11-27(12-14-29)21-38-46)24-31(43)30(19-26-9-7-6-8-10-26)39-33(44)32(35(3,4)5)42-18-17-40(34(42)45)23-28-15-16-36-37-20-28/h6-16,20-21,25,30-32,43,46H,17-19,22-24H2,1-5H3,(H,39,44)/b38-21+/t30-,31+,32?/m0/s1. The molecular formula is C35H47N7O6S. The summed E-state index contributed by atoms with van der Waals surface area (Å²) in [6, 6.07) is 15.0. The molecule has 14 heteroatoms. The molecule has 0 saturated carbocycles. The first kappa shape index (κ1) is 37.4. The molecule has 1 aromatic heterocycles. The van der Waals surface area contributed by atoms with E-state index < -0.39 is 39.5 Å². The number of carbonyl (C=O) groups excluding carboxylic acids is 2. The summed E-state index contributed by atoms with van der Waals surface area (Å²) in [6.45, 7) is 10.4. The molecule has 3 N–H and O–H groups in total. The lowest BCUT2D eigenvalue weighted by Crippen LogP contribution is -2.59. The largest absolute Gasteiger partial charge is 0.411 e. The summed E-state index contributed by atoms with van der Waals surface area (Å²) in [5.74, 6) is -0.505. The lowest BCUT2D eigenvalue weighted by molar-refractivity contribution is -0.130. The van der Waals surface area contributed by atoms with Crippen LogP contribution in [-0.4, -0.2) is 106 Å². The summed E-state index contributed by atoms with van der Waals surface area (Å²) >= 11 is 0. The van der Waals surface area contributed by atoms with Crippen LogP contribution in [0.2, 0.25) is 0 Å². The van der Waals surface area contributed by atoms with E-state index in [-0.39, 0.29) is 36.4 Å². The third kappa shape index (κ3) is 9.83. The highest BCUT2D eigenvalue weighted by molar-refractivity contribution is 7.89. The number of hydrogen-bond donors (Lipinski definition) is 3. The monoisotopic (exact) mass is 693 g/mol. The van der Waals surface area contributed by atoms with Gasteiger partial charge in [0.05, 0.1) is 29.5 Å². The minimum atomic E-state index is -4.06. The van der Waals surface area contributed by atoms with Gasteiger partial charge in [-0.25, -0.2) is 13.2 Å². The third-order valence-corrected chi connectivity index (χ3v) is 10.1. The highest BCUT2D eigenvalue weighted by atomic mass is 32.2. The molecule has 1 aliphatic heterocycles. The molecule has 4 rings (SSSR count). The van der Waals surface area contributed by atoms with E-state index in [2.05, 4.69) is 20.7 Å². The summed E-state index contributed by atoms with van der Waals surface area (Å²) in [6.07, 6.45) is 3.28. The smallest absolute Gasteiger partial charge is 0.321 e. The molecule has 3 aromatic rings. The zero-order chi connectivity index (χ0) is 35.8. The molecule has 0 radical (unpaired) electrons. The Labute approximate surface area is 288 Å². The number of hydrogen-bond acceptors (Lipinski definition) is 9. The molecule has 3 amide bonds. The van der Waals surface area contributed by atoms with E-state index in [4.69, 9.17) is 5.21 Å². The molecular weight excluding hydrogens is 646 g/mol. The second kappa shape index (κ2) is 16.3. The molecule has 264 valence electrons. The highest BCUT2D eigenvalue weighted by Crippen LogP contribution is 2.29. The van der Waals surface area contributed by atoms with Gasteiger partial charge in [0.1, 0.15) is 6.04 Å². The van der Waals surface area contributed by atoms with Gasteiger partial charge in [0.2, 0.25) is 15.9 Å². The topological polar surface area (TPSA) is 169 Å². The van der Waals surface area contributed by atoms with Gasteiger partial charge < -0.3 is 25.4 Å².